The molecule has 1 fully saturated rings. The first-order chi connectivity index (χ1) is 8.62. The summed E-state index contributed by atoms with van der Waals surface area (Å²) in [5.41, 5.74) is 6.61. The van der Waals surface area contributed by atoms with E-state index in [2.05, 4.69) is 4.99 Å². The first-order valence-electron chi connectivity index (χ1n) is 5.85. The Morgan fingerprint density at radius 1 is 1.56 bits per heavy atom. The fourth-order valence-electron chi connectivity index (χ4n) is 2.64. The molecule has 0 bridgehead atoms. The van der Waals surface area contributed by atoms with Crippen LogP contribution in [0.4, 0.5) is 5.69 Å². The van der Waals surface area contributed by atoms with Gasteiger partial charge in [0.25, 0.3) is 5.69 Å². The Morgan fingerprint density at radius 3 is 3.17 bits per heavy atom. The maximum Gasteiger partial charge on any atom is 0.269 e. The summed E-state index contributed by atoms with van der Waals surface area (Å²) in [6.45, 7) is 0. The molecule has 1 aliphatic carbocycles. The highest BCUT2D eigenvalue weighted by molar-refractivity contribution is 8.13. The fraction of sp³-hybridized carbons (Fsp3) is 0.417. The summed E-state index contributed by atoms with van der Waals surface area (Å²) in [5, 5.41) is 11.4. The van der Waals surface area contributed by atoms with Crippen molar-refractivity contribution in [2.75, 3.05) is 5.75 Å². The number of aliphatic imine (C=N–C) groups is 1. The molecule has 0 saturated heterocycles. The molecule has 2 atom stereocenters. The Hall–Kier alpha value is -1.56. The molecule has 18 heavy (non-hydrogen) atoms. The number of nitrogens with zero attached hydrogens (tertiary/aromatic N) is 2. The smallest absolute Gasteiger partial charge is 0.269 e. The van der Waals surface area contributed by atoms with Crippen LogP contribution in [0.1, 0.15) is 18.4 Å². The number of thioether (sulfide) groups is 1. The molecular formula is C12H13N3O2S. The Bertz CT molecular complexity index is 546. The molecule has 3 rings (SSSR count). The lowest BCUT2D eigenvalue weighted by molar-refractivity contribution is -0.384. The lowest BCUT2D eigenvalue weighted by Gasteiger charge is -2.12. The Balaban J connectivity index is 2.02. The minimum atomic E-state index is -0.365. The van der Waals surface area contributed by atoms with Gasteiger partial charge in [-0.15, -0.1) is 0 Å². The van der Waals surface area contributed by atoms with Gasteiger partial charge in [0.1, 0.15) is 0 Å². The van der Waals surface area contributed by atoms with Crippen molar-refractivity contribution in [3.8, 4) is 0 Å². The van der Waals surface area contributed by atoms with Gasteiger partial charge >= 0.3 is 0 Å². The van der Waals surface area contributed by atoms with Crippen LogP contribution in [-0.2, 0) is 5.54 Å². The third-order valence-electron chi connectivity index (χ3n) is 3.66. The third kappa shape index (κ3) is 1.77. The Morgan fingerprint density at radius 2 is 2.39 bits per heavy atom. The molecule has 0 amide bonds. The highest BCUT2D eigenvalue weighted by Gasteiger charge is 2.56. The van der Waals surface area contributed by atoms with Crippen LogP contribution in [0.5, 0.6) is 0 Å². The van der Waals surface area contributed by atoms with Crippen molar-refractivity contribution >= 4 is 22.6 Å². The summed E-state index contributed by atoms with van der Waals surface area (Å²) in [5.74, 6) is 1.46. The molecule has 2 unspecified atom stereocenters. The third-order valence-corrected chi connectivity index (χ3v) is 4.48. The molecule has 0 spiro atoms. The largest absolute Gasteiger partial charge is 0.379 e. The number of hydrogen-bond donors (Lipinski definition) is 1. The number of nitro benzene ring substituents is 1. The lowest BCUT2D eigenvalue weighted by Crippen LogP contribution is -2.13. The van der Waals surface area contributed by atoms with E-state index in [0.29, 0.717) is 11.1 Å². The highest BCUT2D eigenvalue weighted by Crippen LogP contribution is 2.59. The van der Waals surface area contributed by atoms with E-state index >= 15 is 0 Å². The van der Waals surface area contributed by atoms with Crippen molar-refractivity contribution < 1.29 is 4.92 Å². The molecule has 1 aromatic carbocycles. The van der Waals surface area contributed by atoms with Crippen LogP contribution in [0, 0.1) is 16.0 Å². The molecule has 2 N–H and O–H groups in total. The number of non-ortho nitro benzene ring substituents is 1. The van der Waals surface area contributed by atoms with Gasteiger partial charge in [-0.25, -0.2) is 0 Å². The van der Waals surface area contributed by atoms with Gasteiger partial charge in [0, 0.05) is 17.9 Å². The minimum absolute atomic E-state index is 0.123. The lowest BCUT2D eigenvalue weighted by atomic mass is 10.0. The van der Waals surface area contributed by atoms with Crippen LogP contribution < -0.4 is 5.73 Å². The quantitative estimate of drug-likeness (QED) is 0.655. The summed E-state index contributed by atoms with van der Waals surface area (Å²) in [6.07, 6.45) is 2.02. The maximum absolute atomic E-state index is 10.8. The molecule has 1 aliphatic heterocycles. The predicted octanol–water partition coefficient (Wildman–Crippen LogP) is 2.26. The van der Waals surface area contributed by atoms with Crippen LogP contribution in [-0.4, -0.2) is 15.8 Å². The topological polar surface area (TPSA) is 81.5 Å². The van der Waals surface area contributed by atoms with Gasteiger partial charge in [-0.2, -0.15) is 0 Å². The van der Waals surface area contributed by atoms with Crippen molar-refractivity contribution in [2.24, 2.45) is 16.6 Å². The van der Waals surface area contributed by atoms with E-state index in [-0.39, 0.29) is 16.1 Å². The zero-order valence-electron chi connectivity index (χ0n) is 9.70. The van der Waals surface area contributed by atoms with E-state index in [1.807, 2.05) is 6.07 Å². The molecular weight excluding hydrogens is 250 g/mol. The van der Waals surface area contributed by atoms with Gasteiger partial charge in [-0.3, -0.25) is 15.1 Å². The van der Waals surface area contributed by atoms with Gasteiger partial charge in [-0.05, 0) is 24.3 Å². The van der Waals surface area contributed by atoms with E-state index in [4.69, 9.17) is 5.73 Å². The molecule has 1 heterocycles. The number of benzene rings is 1. The standard InChI is InChI=1S/C12H13N3O2S/c13-11-14-12(7-9(12)4-5-18-11)8-2-1-3-10(6-8)15(16)17/h1-3,6,9H,4-5,7H2,(H2,13,14). The van der Waals surface area contributed by atoms with Gasteiger partial charge in [0.2, 0.25) is 0 Å². The summed E-state index contributed by atoms with van der Waals surface area (Å²) in [6, 6.07) is 6.78. The van der Waals surface area contributed by atoms with Crippen molar-refractivity contribution in [3.05, 3.63) is 39.9 Å². The second-order valence-electron chi connectivity index (χ2n) is 4.72. The number of fused-ring (bicyclic) bond motifs is 1. The van der Waals surface area contributed by atoms with Gasteiger partial charge < -0.3 is 5.73 Å². The number of hydrogen-bond acceptors (Lipinski definition) is 5. The van der Waals surface area contributed by atoms with Crippen molar-refractivity contribution in [1.29, 1.82) is 0 Å². The average molecular weight is 263 g/mol. The second-order valence-corrected chi connectivity index (χ2v) is 5.84. The molecule has 1 aromatic rings. The highest BCUT2D eigenvalue weighted by atomic mass is 32.2. The first kappa shape index (κ1) is 11.5. The van der Waals surface area contributed by atoms with Crippen LogP contribution >= 0.6 is 11.8 Å². The zero-order valence-corrected chi connectivity index (χ0v) is 10.5. The number of nitrogens with two attached hydrogens (primary N) is 1. The van der Waals surface area contributed by atoms with E-state index in [9.17, 15) is 10.1 Å². The number of amidine groups is 1. The number of nitro groups is 1. The molecule has 0 aromatic heterocycles. The molecule has 94 valence electrons. The van der Waals surface area contributed by atoms with E-state index < -0.39 is 0 Å². The maximum atomic E-state index is 10.8. The summed E-state index contributed by atoms with van der Waals surface area (Å²) in [7, 11) is 0. The zero-order chi connectivity index (χ0) is 12.8. The average Bonchev–Trinajstić information content (AvgIpc) is 3.04. The van der Waals surface area contributed by atoms with Crippen LogP contribution in [0.2, 0.25) is 0 Å². The van der Waals surface area contributed by atoms with Gasteiger partial charge in [-0.1, -0.05) is 23.9 Å². The molecule has 6 heteroatoms. The monoisotopic (exact) mass is 263 g/mol. The van der Waals surface area contributed by atoms with Crippen LogP contribution in [0.25, 0.3) is 0 Å². The van der Waals surface area contributed by atoms with Gasteiger partial charge in [0.05, 0.1) is 10.5 Å². The Kier molecular flexibility index (Phi) is 2.55. The van der Waals surface area contributed by atoms with E-state index in [1.165, 1.54) is 6.07 Å². The number of rotatable bonds is 2. The SMILES string of the molecule is NC1=NC2(c3cccc([N+](=O)[O-])c3)CC2CCS1. The van der Waals surface area contributed by atoms with Crippen molar-refractivity contribution in [2.45, 2.75) is 18.4 Å². The molecule has 2 aliphatic rings. The van der Waals surface area contributed by atoms with Crippen LogP contribution in [0.15, 0.2) is 29.3 Å². The summed E-state index contributed by atoms with van der Waals surface area (Å²) < 4.78 is 0. The molecule has 1 saturated carbocycles. The first-order valence-corrected chi connectivity index (χ1v) is 6.83. The summed E-state index contributed by atoms with van der Waals surface area (Å²) in [4.78, 5) is 15.0. The van der Waals surface area contributed by atoms with Gasteiger partial charge in [0.15, 0.2) is 5.17 Å². The Labute approximate surface area is 109 Å². The van der Waals surface area contributed by atoms with Crippen molar-refractivity contribution in [3.63, 3.8) is 0 Å². The van der Waals surface area contributed by atoms with E-state index in [1.54, 1.807) is 23.9 Å². The normalized spacial score (nSPS) is 30.0. The van der Waals surface area contributed by atoms with E-state index in [0.717, 1.165) is 24.2 Å². The van der Waals surface area contributed by atoms with Crippen LogP contribution in [0.3, 0.4) is 0 Å². The summed E-state index contributed by atoms with van der Waals surface area (Å²) >= 11 is 1.57. The predicted molar refractivity (Wildman–Crippen MR) is 71.6 cm³/mol. The fourth-order valence-corrected chi connectivity index (χ4v) is 3.47. The minimum Gasteiger partial charge on any atom is -0.379 e. The second kappa shape index (κ2) is 3.98. The molecule has 0 radical (unpaired) electrons. The van der Waals surface area contributed by atoms with Crippen molar-refractivity contribution in [1.82, 2.24) is 0 Å². The molecule has 5 nitrogen and oxygen atoms in total.